The third-order valence-electron chi connectivity index (χ3n) is 4.83. The molecule has 0 saturated carbocycles. The summed E-state index contributed by atoms with van der Waals surface area (Å²) in [6.45, 7) is 0.807. The summed E-state index contributed by atoms with van der Waals surface area (Å²) in [5.74, 6) is 0.697. The fourth-order valence-corrected chi connectivity index (χ4v) is 4.31. The van der Waals surface area contributed by atoms with E-state index in [1.165, 1.54) is 0 Å². The predicted octanol–water partition coefficient (Wildman–Crippen LogP) is 3.04. The minimum atomic E-state index is -2.74. The second-order valence-electron chi connectivity index (χ2n) is 6.69. The summed E-state index contributed by atoms with van der Waals surface area (Å²) in [5, 5.41) is 9.29. The second kappa shape index (κ2) is 8.31. The number of carbonyl (C=O) groups is 1. The van der Waals surface area contributed by atoms with Crippen LogP contribution in [0.2, 0.25) is 0 Å². The number of amides is 1. The van der Waals surface area contributed by atoms with E-state index in [0.717, 1.165) is 16.3 Å². The molecule has 4 rings (SSSR count). The number of piperazine rings is 1. The van der Waals surface area contributed by atoms with Crippen molar-refractivity contribution in [3.05, 3.63) is 35.9 Å². The van der Waals surface area contributed by atoms with Crippen molar-refractivity contribution in [2.24, 2.45) is 0 Å². The van der Waals surface area contributed by atoms with E-state index < -0.39 is 6.55 Å². The van der Waals surface area contributed by atoms with Gasteiger partial charge in [-0.2, -0.15) is 14.0 Å². The van der Waals surface area contributed by atoms with Crippen LogP contribution in [0.4, 0.5) is 14.7 Å². The number of aromatic nitrogens is 3. The normalized spacial score (nSPS) is 14.5. The van der Waals surface area contributed by atoms with Gasteiger partial charge < -0.3 is 14.2 Å². The first-order chi connectivity index (χ1) is 14.5. The third-order valence-corrected chi connectivity index (χ3v) is 5.76. The number of anilines is 1. The summed E-state index contributed by atoms with van der Waals surface area (Å²) in [6, 6.07) is 8.67. The number of fused-ring (bicyclic) bond motifs is 1. The molecule has 0 N–H and O–H groups in total. The molecule has 3 aromatic rings. The van der Waals surface area contributed by atoms with Crippen LogP contribution in [0.15, 0.2) is 33.8 Å². The van der Waals surface area contributed by atoms with Gasteiger partial charge in [-0.3, -0.25) is 9.36 Å². The van der Waals surface area contributed by atoms with Crippen LogP contribution < -0.4 is 4.90 Å². The molecule has 0 bridgehead atoms. The average Bonchev–Trinajstić information content (AvgIpc) is 3.32. The van der Waals surface area contributed by atoms with Crippen molar-refractivity contribution in [2.45, 2.75) is 18.6 Å². The van der Waals surface area contributed by atoms with E-state index in [-0.39, 0.29) is 22.5 Å². The van der Waals surface area contributed by atoms with Crippen LogP contribution in [0, 0.1) is 18.3 Å². The van der Waals surface area contributed by atoms with Crippen LogP contribution in [0.1, 0.15) is 18.1 Å². The first kappa shape index (κ1) is 20.2. The van der Waals surface area contributed by atoms with Crippen LogP contribution in [-0.4, -0.2) is 57.3 Å². The first-order valence-electron chi connectivity index (χ1n) is 9.26. The molecule has 1 aliphatic heterocycles. The summed E-state index contributed by atoms with van der Waals surface area (Å²) in [5.41, 5.74) is 1.04. The smallest absolute Gasteiger partial charge is 0.321 e. The lowest BCUT2D eigenvalue weighted by Crippen LogP contribution is -2.49. The van der Waals surface area contributed by atoms with Gasteiger partial charge in [0, 0.05) is 33.1 Å². The maximum absolute atomic E-state index is 13.5. The maximum atomic E-state index is 13.5. The number of nitrogens with zero attached hydrogens (tertiary/aromatic N) is 6. The molecule has 156 valence electrons. The van der Waals surface area contributed by atoms with Gasteiger partial charge in [-0.15, -0.1) is 0 Å². The Kier molecular flexibility index (Phi) is 5.59. The number of rotatable bonds is 5. The van der Waals surface area contributed by atoms with Crippen LogP contribution in [0.3, 0.4) is 0 Å². The molecule has 1 aromatic carbocycles. The van der Waals surface area contributed by atoms with Crippen molar-refractivity contribution in [1.29, 1.82) is 5.26 Å². The largest absolute Gasteiger partial charge is 0.424 e. The van der Waals surface area contributed by atoms with E-state index in [1.54, 1.807) is 36.1 Å². The van der Waals surface area contributed by atoms with Gasteiger partial charge in [-0.25, -0.2) is 9.97 Å². The van der Waals surface area contributed by atoms with Crippen molar-refractivity contribution in [3.63, 3.8) is 0 Å². The standard InChI is InChI=1S/C19H18F2N6O2S/c1-12-23-14(10-22)17(29-12)26-8-6-25(7-9-26)16(28)11-30-19-24-13-4-2-3-5-15(13)27(19)18(20)21/h2-5,18H,6-9,11H2,1H3. The molecule has 3 heterocycles. The molecule has 0 unspecified atom stereocenters. The van der Waals surface area contributed by atoms with Crippen molar-refractivity contribution >= 4 is 34.6 Å². The lowest BCUT2D eigenvalue weighted by atomic mass is 10.3. The zero-order valence-corrected chi connectivity index (χ0v) is 16.9. The highest BCUT2D eigenvalue weighted by atomic mass is 32.2. The van der Waals surface area contributed by atoms with Gasteiger partial charge in [-0.1, -0.05) is 23.9 Å². The fourth-order valence-electron chi connectivity index (χ4n) is 3.39. The lowest BCUT2D eigenvalue weighted by molar-refractivity contribution is -0.128. The number of halogens is 2. The summed E-state index contributed by atoms with van der Waals surface area (Å²) >= 11 is 1.00. The second-order valence-corrected chi connectivity index (χ2v) is 7.63. The van der Waals surface area contributed by atoms with Gasteiger partial charge in [0.05, 0.1) is 16.8 Å². The Labute approximate surface area is 175 Å². The maximum Gasteiger partial charge on any atom is 0.321 e. The number of benzene rings is 1. The van der Waals surface area contributed by atoms with E-state index in [4.69, 9.17) is 9.68 Å². The summed E-state index contributed by atoms with van der Waals surface area (Å²) in [7, 11) is 0. The average molecular weight is 432 g/mol. The van der Waals surface area contributed by atoms with Gasteiger partial charge in [0.2, 0.25) is 17.5 Å². The zero-order chi connectivity index (χ0) is 21.3. The highest BCUT2D eigenvalue weighted by Gasteiger charge is 2.26. The Morgan fingerprint density at radius 3 is 2.70 bits per heavy atom. The highest BCUT2D eigenvalue weighted by molar-refractivity contribution is 7.99. The van der Waals surface area contributed by atoms with Crippen molar-refractivity contribution < 1.29 is 18.0 Å². The molecule has 0 atom stereocenters. The van der Waals surface area contributed by atoms with E-state index in [9.17, 15) is 13.6 Å². The molecule has 1 saturated heterocycles. The Bertz CT molecular complexity index is 1110. The molecule has 1 aliphatic rings. The summed E-state index contributed by atoms with van der Waals surface area (Å²) < 4.78 is 33.4. The van der Waals surface area contributed by atoms with Crippen molar-refractivity contribution in [3.8, 4) is 6.07 Å². The van der Waals surface area contributed by atoms with Gasteiger partial charge in [0.25, 0.3) is 0 Å². The Morgan fingerprint density at radius 2 is 2.00 bits per heavy atom. The molecule has 0 radical (unpaired) electrons. The number of aryl methyl sites for hydroxylation is 1. The van der Waals surface area contributed by atoms with Crippen molar-refractivity contribution in [1.82, 2.24) is 19.4 Å². The van der Waals surface area contributed by atoms with E-state index in [1.807, 2.05) is 11.0 Å². The number of imidazole rings is 1. The number of thioether (sulfide) groups is 1. The van der Waals surface area contributed by atoms with E-state index >= 15 is 0 Å². The Morgan fingerprint density at radius 1 is 1.27 bits per heavy atom. The quantitative estimate of drug-likeness (QED) is 0.572. The monoisotopic (exact) mass is 432 g/mol. The van der Waals surface area contributed by atoms with Crippen LogP contribution in [0.25, 0.3) is 11.0 Å². The number of hydrogen-bond donors (Lipinski definition) is 0. The zero-order valence-electron chi connectivity index (χ0n) is 16.1. The highest BCUT2D eigenvalue weighted by Crippen LogP contribution is 2.29. The SMILES string of the molecule is Cc1nc(C#N)c(N2CCN(C(=O)CSc3nc4ccccc4n3C(F)F)CC2)o1. The van der Waals surface area contributed by atoms with Crippen LogP contribution in [-0.2, 0) is 4.79 Å². The lowest BCUT2D eigenvalue weighted by Gasteiger charge is -2.34. The predicted molar refractivity (Wildman–Crippen MR) is 106 cm³/mol. The fraction of sp³-hybridized carbons (Fsp3) is 0.368. The number of nitriles is 1. The van der Waals surface area contributed by atoms with E-state index in [2.05, 4.69) is 9.97 Å². The Balaban J connectivity index is 1.39. The molecule has 8 nitrogen and oxygen atoms in total. The number of hydrogen-bond acceptors (Lipinski definition) is 7. The molecule has 0 spiro atoms. The van der Waals surface area contributed by atoms with Crippen LogP contribution >= 0.6 is 11.8 Å². The number of para-hydroxylation sites is 2. The molecule has 30 heavy (non-hydrogen) atoms. The third kappa shape index (κ3) is 3.82. The topological polar surface area (TPSA) is 91.2 Å². The molecule has 0 aliphatic carbocycles. The first-order valence-corrected chi connectivity index (χ1v) is 10.2. The molecule has 2 aromatic heterocycles. The molecule has 1 amide bonds. The number of carbonyl (C=O) groups excluding carboxylic acids is 1. The van der Waals surface area contributed by atoms with Crippen LogP contribution in [0.5, 0.6) is 0 Å². The minimum Gasteiger partial charge on any atom is -0.424 e. The molecule has 11 heteroatoms. The molecular formula is C19H18F2N6O2S. The van der Waals surface area contributed by atoms with Gasteiger partial charge in [-0.05, 0) is 12.1 Å². The van der Waals surface area contributed by atoms with Gasteiger partial charge in [0.1, 0.15) is 6.07 Å². The molecular weight excluding hydrogens is 414 g/mol. The minimum absolute atomic E-state index is 0.0148. The summed E-state index contributed by atoms with van der Waals surface area (Å²) in [4.78, 5) is 24.4. The van der Waals surface area contributed by atoms with Gasteiger partial charge >= 0.3 is 6.55 Å². The van der Waals surface area contributed by atoms with Crippen molar-refractivity contribution in [2.75, 3.05) is 36.8 Å². The van der Waals surface area contributed by atoms with E-state index in [0.29, 0.717) is 49.0 Å². The summed E-state index contributed by atoms with van der Waals surface area (Å²) in [6.07, 6.45) is 0. The Hall–Kier alpha value is -3.13. The number of alkyl halides is 2. The van der Waals surface area contributed by atoms with Gasteiger partial charge in [0.15, 0.2) is 11.0 Å². The molecule has 1 fully saturated rings. The number of oxazole rings is 1.